The van der Waals surface area contributed by atoms with Gasteiger partial charge in [0.25, 0.3) is 10.0 Å². The number of carbonyl (C=O) groups is 2. The van der Waals surface area contributed by atoms with E-state index < -0.39 is 34.3 Å². The van der Waals surface area contributed by atoms with Crippen LogP contribution >= 0.6 is 11.6 Å². The number of hydrogen-bond acceptors (Lipinski definition) is 4. The molecule has 7 nitrogen and oxygen atoms in total. The van der Waals surface area contributed by atoms with Crippen molar-refractivity contribution in [3.63, 3.8) is 0 Å². The van der Waals surface area contributed by atoms with Gasteiger partial charge in [0.2, 0.25) is 11.8 Å². The van der Waals surface area contributed by atoms with Gasteiger partial charge in [0.1, 0.15) is 18.4 Å². The van der Waals surface area contributed by atoms with Crippen molar-refractivity contribution < 1.29 is 22.4 Å². The second-order valence-electron chi connectivity index (χ2n) is 8.49. The standard InChI is InChI=1S/C27H29ClFN3O4S/c1-4-25(27(34)30-3)31(17-20-7-11-22(29)12-8-20)26(33)18-32(23-13-5-19(2)6-14-23)37(35,36)24-15-9-21(28)10-16-24/h5-16,25H,4,17-18H2,1-3H3,(H,30,34)/t25-/m1/s1. The molecule has 2 amide bonds. The average Bonchev–Trinajstić information content (AvgIpc) is 2.88. The zero-order chi connectivity index (χ0) is 27.2. The van der Waals surface area contributed by atoms with Gasteiger partial charge in [-0.25, -0.2) is 12.8 Å². The van der Waals surface area contributed by atoms with Crippen LogP contribution in [0.3, 0.4) is 0 Å². The molecule has 196 valence electrons. The predicted octanol–water partition coefficient (Wildman–Crippen LogP) is 4.54. The van der Waals surface area contributed by atoms with E-state index in [4.69, 9.17) is 11.6 Å². The molecule has 3 rings (SSSR count). The van der Waals surface area contributed by atoms with E-state index >= 15 is 0 Å². The summed E-state index contributed by atoms with van der Waals surface area (Å²) in [5.41, 5.74) is 1.81. The molecule has 0 spiro atoms. The summed E-state index contributed by atoms with van der Waals surface area (Å²) in [7, 11) is -2.70. The van der Waals surface area contributed by atoms with Crippen LogP contribution in [0.4, 0.5) is 10.1 Å². The van der Waals surface area contributed by atoms with Gasteiger partial charge in [0.15, 0.2) is 0 Å². The summed E-state index contributed by atoms with van der Waals surface area (Å²) in [5, 5.41) is 2.94. The van der Waals surface area contributed by atoms with Crippen LogP contribution < -0.4 is 9.62 Å². The lowest BCUT2D eigenvalue weighted by Crippen LogP contribution is -2.51. The molecule has 0 unspecified atom stereocenters. The maximum Gasteiger partial charge on any atom is 0.264 e. The van der Waals surface area contributed by atoms with Crippen molar-refractivity contribution in [2.45, 2.75) is 37.8 Å². The Morgan fingerprint density at radius 3 is 2.11 bits per heavy atom. The summed E-state index contributed by atoms with van der Waals surface area (Å²) in [4.78, 5) is 27.7. The highest BCUT2D eigenvalue weighted by Crippen LogP contribution is 2.26. The Morgan fingerprint density at radius 2 is 1.57 bits per heavy atom. The molecule has 37 heavy (non-hydrogen) atoms. The van der Waals surface area contributed by atoms with Crippen LogP contribution in [0.5, 0.6) is 0 Å². The van der Waals surface area contributed by atoms with E-state index in [-0.39, 0.29) is 17.3 Å². The Labute approximate surface area is 221 Å². The van der Waals surface area contributed by atoms with Gasteiger partial charge in [-0.3, -0.25) is 13.9 Å². The van der Waals surface area contributed by atoms with Crippen LogP contribution in [-0.2, 0) is 26.2 Å². The highest BCUT2D eigenvalue weighted by Gasteiger charge is 2.33. The van der Waals surface area contributed by atoms with Crippen LogP contribution in [0.25, 0.3) is 0 Å². The number of amides is 2. The molecule has 0 aliphatic heterocycles. The number of likely N-dealkylation sites (N-methyl/N-ethyl adjacent to an activating group) is 1. The predicted molar refractivity (Wildman–Crippen MR) is 142 cm³/mol. The van der Waals surface area contributed by atoms with Crippen LogP contribution in [0.2, 0.25) is 5.02 Å². The first-order chi connectivity index (χ1) is 17.6. The Kier molecular flexibility index (Phi) is 9.29. The van der Waals surface area contributed by atoms with Crippen LogP contribution in [-0.4, -0.2) is 44.8 Å². The third-order valence-electron chi connectivity index (χ3n) is 5.90. The van der Waals surface area contributed by atoms with E-state index in [0.717, 1.165) is 9.87 Å². The second kappa shape index (κ2) is 12.2. The number of hydrogen-bond donors (Lipinski definition) is 1. The molecule has 3 aromatic carbocycles. The molecule has 0 bridgehead atoms. The maximum absolute atomic E-state index is 13.8. The van der Waals surface area contributed by atoms with Crippen LogP contribution in [0.1, 0.15) is 24.5 Å². The summed E-state index contributed by atoms with van der Waals surface area (Å²) in [6.45, 7) is 3.07. The number of sulfonamides is 1. The Bertz CT molecular complexity index is 1330. The summed E-state index contributed by atoms with van der Waals surface area (Å²) in [6, 6.07) is 17.1. The molecule has 0 fully saturated rings. The first-order valence-electron chi connectivity index (χ1n) is 11.7. The van der Waals surface area contributed by atoms with Gasteiger partial charge in [-0.1, -0.05) is 48.4 Å². The minimum atomic E-state index is -4.17. The zero-order valence-electron chi connectivity index (χ0n) is 20.8. The molecule has 0 aliphatic carbocycles. The summed E-state index contributed by atoms with van der Waals surface area (Å²) >= 11 is 5.95. The Hall–Kier alpha value is -3.43. The van der Waals surface area contributed by atoms with Crippen molar-refractivity contribution in [1.29, 1.82) is 0 Å². The minimum Gasteiger partial charge on any atom is -0.357 e. The molecule has 0 aliphatic rings. The average molecular weight is 546 g/mol. The third-order valence-corrected chi connectivity index (χ3v) is 7.94. The van der Waals surface area contributed by atoms with E-state index in [1.807, 2.05) is 6.92 Å². The molecule has 1 N–H and O–H groups in total. The van der Waals surface area contributed by atoms with Gasteiger partial charge < -0.3 is 10.2 Å². The largest absolute Gasteiger partial charge is 0.357 e. The van der Waals surface area contributed by atoms with E-state index in [2.05, 4.69) is 5.32 Å². The van der Waals surface area contributed by atoms with Crippen LogP contribution in [0.15, 0.2) is 77.7 Å². The Morgan fingerprint density at radius 1 is 0.973 bits per heavy atom. The van der Waals surface area contributed by atoms with Crippen molar-refractivity contribution >= 4 is 39.1 Å². The first kappa shape index (κ1) is 28.1. The van der Waals surface area contributed by atoms with E-state index in [0.29, 0.717) is 22.7 Å². The van der Waals surface area contributed by atoms with Gasteiger partial charge in [-0.15, -0.1) is 0 Å². The first-order valence-corrected chi connectivity index (χ1v) is 13.5. The summed E-state index contributed by atoms with van der Waals surface area (Å²) in [5.74, 6) is -1.40. The normalized spacial score (nSPS) is 12.0. The van der Waals surface area contributed by atoms with E-state index in [1.54, 1.807) is 31.2 Å². The highest BCUT2D eigenvalue weighted by molar-refractivity contribution is 7.92. The van der Waals surface area contributed by atoms with Crippen molar-refractivity contribution in [3.05, 3.63) is 94.8 Å². The van der Waals surface area contributed by atoms with Gasteiger partial charge in [-0.2, -0.15) is 0 Å². The van der Waals surface area contributed by atoms with Crippen LogP contribution in [0, 0.1) is 12.7 Å². The van der Waals surface area contributed by atoms with Crippen molar-refractivity contribution in [1.82, 2.24) is 10.2 Å². The smallest absolute Gasteiger partial charge is 0.264 e. The van der Waals surface area contributed by atoms with E-state index in [9.17, 15) is 22.4 Å². The fraction of sp³-hybridized carbons (Fsp3) is 0.259. The molecular formula is C27H29ClFN3O4S. The number of halogens is 2. The van der Waals surface area contributed by atoms with Gasteiger partial charge >= 0.3 is 0 Å². The molecule has 0 saturated carbocycles. The fourth-order valence-corrected chi connectivity index (χ4v) is 5.39. The number of anilines is 1. The lowest BCUT2D eigenvalue weighted by Gasteiger charge is -2.33. The molecule has 0 radical (unpaired) electrons. The monoisotopic (exact) mass is 545 g/mol. The number of nitrogens with one attached hydrogen (secondary N) is 1. The fourth-order valence-electron chi connectivity index (χ4n) is 3.85. The SMILES string of the molecule is CC[C@H](C(=O)NC)N(Cc1ccc(F)cc1)C(=O)CN(c1ccc(C)cc1)S(=O)(=O)c1ccc(Cl)cc1. The number of aryl methyl sites for hydroxylation is 1. The number of rotatable bonds is 10. The van der Waals surface area contributed by atoms with Gasteiger partial charge in [-0.05, 0) is 67.4 Å². The highest BCUT2D eigenvalue weighted by atomic mass is 35.5. The van der Waals surface area contributed by atoms with Gasteiger partial charge in [0, 0.05) is 18.6 Å². The minimum absolute atomic E-state index is 0.00618. The molecule has 0 heterocycles. The lowest BCUT2D eigenvalue weighted by molar-refractivity contribution is -0.140. The summed E-state index contributed by atoms with van der Waals surface area (Å²) < 4.78 is 41.9. The van der Waals surface area contributed by atoms with Crippen molar-refractivity contribution in [3.8, 4) is 0 Å². The Balaban J connectivity index is 2.04. The van der Waals surface area contributed by atoms with Crippen molar-refractivity contribution in [2.24, 2.45) is 0 Å². The zero-order valence-corrected chi connectivity index (χ0v) is 22.4. The number of benzene rings is 3. The molecule has 0 saturated heterocycles. The van der Waals surface area contributed by atoms with Gasteiger partial charge in [0.05, 0.1) is 10.6 Å². The van der Waals surface area contributed by atoms with Crippen molar-refractivity contribution in [2.75, 3.05) is 17.9 Å². The molecule has 0 aromatic heterocycles. The molecular weight excluding hydrogens is 517 g/mol. The maximum atomic E-state index is 13.8. The summed E-state index contributed by atoms with van der Waals surface area (Å²) in [6.07, 6.45) is 0.293. The topological polar surface area (TPSA) is 86.8 Å². The van der Waals surface area contributed by atoms with E-state index in [1.165, 1.54) is 60.5 Å². The molecule has 10 heteroatoms. The number of carbonyl (C=O) groups excluding carboxylic acids is 2. The second-order valence-corrected chi connectivity index (χ2v) is 10.8. The third kappa shape index (κ3) is 6.87. The quantitative estimate of drug-likeness (QED) is 0.405. The molecule has 1 atom stereocenters. The molecule has 3 aromatic rings. The number of nitrogens with zero attached hydrogens (tertiary/aromatic N) is 2. The lowest BCUT2D eigenvalue weighted by atomic mass is 10.1.